The van der Waals surface area contributed by atoms with Crippen molar-refractivity contribution in [2.45, 2.75) is 6.92 Å². The number of anilines is 1. The monoisotopic (exact) mass is 243 g/mol. The van der Waals surface area contributed by atoms with E-state index in [1.165, 1.54) is 12.1 Å². The summed E-state index contributed by atoms with van der Waals surface area (Å²) in [5.41, 5.74) is 6.95. The number of ketones is 1. The number of hydrogen-bond acceptors (Lipinski definition) is 3. The molecule has 0 spiro atoms. The van der Waals surface area contributed by atoms with Gasteiger partial charge in [0.1, 0.15) is 5.75 Å². The maximum absolute atomic E-state index is 11.4. The molecular formula is C9H10BrNO2. The molecule has 13 heavy (non-hydrogen) atoms. The van der Waals surface area contributed by atoms with E-state index in [2.05, 4.69) is 15.9 Å². The lowest BCUT2D eigenvalue weighted by molar-refractivity contribution is 0.102. The van der Waals surface area contributed by atoms with Crippen molar-refractivity contribution in [3.8, 4) is 5.75 Å². The number of phenolic OH excluding ortho intramolecular Hbond substituents is 1. The highest BCUT2D eigenvalue weighted by Crippen LogP contribution is 2.25. The Labute approximate surface area is 84.7 Å². The first-order valence-electron chi connectivity index (χ1n) is 3.75. The minimum Gasteiger partial charge on any atom is -0.508 e. The first-order chi connectivity index (χ1) is 6.07. The molecule has 0 bridgehead atoms. The van der Waals surface area contributed by atoms with Crippen molar-refractivity contribution in [1.29, 1.82) is 0 Å². The van der Waals surface area contributed by atoms with Crippen LogP contribution in [0.5, 0.6) is 5.75 Å². The molecule has 0 aliphatic carbocycles. The second kappa shape index (κ2) is 3.79. The summed E-state index contributed by atoms with van der Waals surface area (Å²) >= 11 is 3.06. The molecule has 1 aromatic rings. The van der Waals surface area contributed by atoms with Crippen LogP contribution in [0.2, 0.25) is 0 Å². The predicted octanol–water partition coefficient (Wildman–Crippen LogP) is 1.86. The van der Waals surface area contributed by atoms with Gasteiger partial charge in [-0.2, -0.15) is 0 Å². The molecule has 1 rings (SSSR count). The van der Waals surface area contributed by atoms with Crippen LogP contribution in [0.3, 0.4) is 0 Å². The van der Waals surface area contributed by atoms with Crippen LogP contribution < -0.4 is 5.73 Å². The second-order valence-electron chi connectivity index (χ2n) is 2.73. The zero-order valence-corrected chi connectivity index (χ0v) is 8.76. The number of hydrogen-bond donors (Lipinski definition) is 2. The van der Waals surface area contributed by atoms with Gasteiger partial charge in [-0.15, -0.1) is 0 Å². The SMILES string of the molecule is Cc1c(O)ccc(N)c1C(=O)CBr. The summed E-state index contributed by atoms with van der Waals surface area (Å²) in [6.45, 7) is 1.67. The van der Waals surface area contributed by atoms with Gasteiger partial charge in [-0.1, -0.05) is 15.9 Å². The first-order valence-corrected chi connectivity index (χ1v) is 4.87. The van der Waals surface area contributed by atoms with Gasteiger partial charge in [-0.25, -0.2) is 0 Å². The Morgan fingerprint density at radius 2 is 2.23 bits per heavy atom. The van der Waals surface area contributed by atoms with Crippen LogP contribution in [0.15, 0.2) is 12.1 Å². The van der Waals surface area contributed by atoms with E-state index >= 15 is 0 Å². The summed E-state index contributed by atoms with van der Waals surface area (Å²) < 4.78 is 0. The van der Waals surface area contributed by atoms with Crippen molar-refractivity contribution in [3.63, 3.8) is 0 Å². The third-order valence-corrected chi connectivity index (χ3v) is 2.38. The number of carbonyl (C=O) groups excluding carboxylic acids is 1. The summed E-state index contributed by atoms with van der Waals surface area (Å²) in [5.74, 6) is -0.0237. The van der Waals surface area contributed by atoms with Crippen LogP contribution in [0, 0.1) is 6.92 Å². The summed E-state index contributed by atoms with van der Waals surface area (Å²) in [6.07, 6.45) is 0. The third kappa shape index (κ3) is 1.83. The molecule has 3 N–H and O–H groups in total. The smallest absolute Gasteiger partial charge is 0.175 e. The van der Waals surface area contributed by atoms with Gasteiger partial charge in [-0.3, -0.25) is 4.79 Å². The molecule has 0 radical (unpaired) electrons. The first kappa shape index (κ1) is 10.1. The number of rotatable bonds is 2. The highest BCUT2D eigenvalue weighted by Gasteiger charge is 2.13. The molecule has 0 unspecified atom stereocenters. The lowest BCUT2D eigenvalue weighted by Gasteiger charge is -2.07. The highest BCUT2D eigenvalue weighted by atomic mass is 79.9. The fraction of sp³-hybridized carbons (Fsp3) is 0.222. The number of benzene rings is 1. The Hall–Kier alpha value is -1.03. The molecule has 3 nitrogen and oxygen atoms in total. The lowest BCUT2D eigenvalue weighted by atomic mass is 10.0. The number of phenols is 1. The van der Waals surface area contributed by atoms with Crippen LogP contribution in [0.4, 0.5) is 5.69 Å². The summed E-state index contributed by atoms with van der Waals surface area (Å²) in [4.78, 5) is 11.4. The van der Waals surface area contributed by atoms with E-state index in [4.69, 9.17) is 5.73 Å². The fourth-order valence-corrected chi connectivity index (χ4v) is 1.44. The van der Waals surface area contributed by atoms with Gasteiger partial charge < -0.3 is 10.8 Å². The van der Waals surface area contributed by atoms with Gasteiger partial charge in [0.25, 0.3) is 0 Å². The van der Waals surface area contributed by atoms with Gasteiger partial charge >= 0.3 is 0 Å². The minimum atomic E-state index is -0.120. The van der Waals surface area contributed by atoms with Crippen LogP contribution in [-0.4, -0.2) is 16.2 Å². The zero-order chi connectivity index (χ0) is 10.0. The Balaban J connectivity index is 3.33. The Kier molecular flexibility index (Phi) is 2.93. The number of aromatic hydroxyl groups is 1. The number of nitrogens with two attached hydrogens (primary N) is 1. The number of Topliss-reactive ketones (excluding diaryl/α,β-unsaturated/α-hetero) is 1. The van der Waals surface area contributed by atoms with E-state index in [0.29, 0.717) is 16.8 Å². The molecule has 0 fully saturated rings. The molecule has 0 amide bonds. The molecule has 0 aliphatic rings. The molecule has 1 aromatic carbocycles. The fourth-order valence-electron chi connectivity index (χ4n) is 1.16. The lowest BCUT2D eigenvalue weighted by Crippen LogP contribution is -2.07. The summed E-state index contributed by atoms with van der Waals surface area (Å²) in [6, 6.07) is 3.01. The van der Waals surface area contributed by atoms with Crippen LogP contribution in [0.1, 0.15) is 15.9 Å². The van der Waals surface area contributed by atoms with Crippen molar-refractivity contribution in [3.05, 3.63) is 23.3 Å². The van der Waals surface area contributed by atoms with Crippen molar-refractivity contribution in [2.75, 3.05) is 11.1 Å². The van der Waals surface area contributed by atoms with Gasteiger partial charge in [-0.05, 0) is 19.1 Å². The van der Waals surface area contributed by atoms with Crippen molar-refractivity contribution in [2.24, 2.45) is 0 Å². The molecule has 0 saturated heterocycles. The topological polar surface area (TPSA) is 63.3 Å². The van der Waals surface area contributed by atoms with E-state index in [-0.39, 0.29) is 16.9 Å². The largest absolute Gasteiger partial charge is 0.508 e. The molecule has 0 heterocycles. The molecule has 4 heteroatoms. The van der Waals surface area contributed by atoms with Crippen LogP contribution in [0.25, 0.3) is 0 Å². The van der Waals surface area contributed by atoms with E-state index < -0.39 is 0 Å². The minimum absolute atomic E-state index is 0.0958. The highest BCUT2D eigenvalue weighted by molar-refractivity contribution is 9.09. The van der Waals surface area contributed by atoms with E-state index in [1.807, 2.05) is 0 Å². The average Bonchev–Trinajstić information content (AvgIpc) is 2.12. The normalized spacial score (nSPS) is 10.0. The Morgan fingerprint density at radius 3 is 2.77 bits per heavy atom. The van der Waals surface area contributed by atoms with Gasteiger partial charge in [0.2, 0.25) is 0 Å². The van der Waals surface area contributed by atoms with Gasteiger partial charge in [0.05, 0.1) is 5.33 Å². The van der Waals surface area contributed by atoms with Crippen LogP contribution >= 0.6 is 15.9 Å². The predicted molar refractivity (Wildman–Crippen MR) is 55.4 cm³/mol. The van der Waals surface area contributed by atoms with Gasteiger partial charge in [0, 0.05) is 16.8 Å². The third-order valence-electron chi connectivity index (χ3n) is 1.87. The van der Waals surface area contributed by atoms with Crippen molar-refractivity contribution >= 4 is 27.4 Å². The maximum Gasteiger partial charge on any atom is 0.175 e. The molecule has 0 aromatic heterocycles. The Morgan fingerprint density at radius 1 is 1.62 bits per heavy atom. The summed E-state index contributed by atoms with van der Waals surface area (Å²) in [5, 5.41) is 9.56. The molecule has 0 saturated carbocycles. The second-order valence-corrected chi connectivity index (χ2v) is 3.29. The molecule has 70 valence electrons. The van der Waals surface area contributed by atoms with E-state index in [1.54, 1.807) is 6.92 Å². The van der Waals surface area contributed by atoms with E-state index in [9.17, 15) is 9.90 Å². The molecule has 0 atom stereocenters. The maximum atomic E-state index is 11.4. The zero-order valence-electron chi connectivity index (χ0n) is 7.17. The number of nitrogen functional groups attached to an aromatic ring is 1. The van der Waals surface area contributed by atoms with Crippen LogP contribution in [-0.2, 0) is 0 Å². The number of carbonyl (C=O) groups is 1. The van der Waals surface area contributed by atoms with Crippen molar-refractivity contribution in [1.82, 2.24) is 0 Å². The average molecular weight is 244 g/mol. The quantitative estimate of drug-likeness (QED) is 0.361. The van der Waals surface area contributed by atoms with Crippen molar-refractivity contribution < 1.29 is 9.90 Å². The van der Waals surface area contributed by atoms with E-state index in [0.717, 1.165) is 0 Å². The molecule has 0 aliphatic heterocycles. The number of halogens is 1. The number of alkyl halides is 1. The summed E-state index contributed by atoms with van der Waals surface area (Å²) in [7, 11) is 0. The van der Waals surface area contributed by atoms with Gasteiger partial charge in [0.15, 0.2) is 5.78 Å². The Bertz CT molecular complexity index is 350. The molecular weight excluding hydrogens is 234 g/mol. The standard InChI is InChI=1S/C9H10BrNO2/c1-5-7(12)3-2-6(11)9(5)8(13)4-10/h2-3,12H,4,11H2,1H3.